The quantitative estimate of drug-likeness (QED) is 0.462. The van der Waals surface area contributed by atoms with E-state index in [1.54, 1.807) is 0 Å². The number of benzene rings is 1. The van der Waals surface area contributed by atoms with Crippen molar-refractivity contribution in [3.05, 3.63) is 48.0 Å². The highest BCUT2D eigenvalue weighted by molar-refractivity contribution is 5.34. The van der Waals surface area contributed by atoms with Gasteiger partial charge < -0.3 is 0 Å². The lowest BCUT2D eigenvalue weighted by Gasteiger charge is -2.17. The van der Waals surface area contributed by atoms with Gasteiger partial charge in [0.2, 0.25) is 0 Å². The molecule has 1 atom stereocenters. The van der Waals surface area contributed by atoms with Gasteiger partial charge in [-0.15, -0.1) is 6.58 Å². The van der Waals surface area contributed by atoms with E-state index in [0.29, 0.717) is 0 Å². The van der Waals surface area contributed by atoms with Gasteiger partial charge in [0.25, 0.3) is 0 Å². The highest BCUT2D eigenvalue weighted by atomic mass is 19.4. The molecule has 1 rings (SSSR count). The SMILES string of the molecule is C=CC(NN)c1ccccc1C(F)(F)F. The molecular weight excluding hydrogens is 205 g/mol. The molecule has 0 spiro atoms. The minimum Gasteiger partial charge on any atom is -0.271 e. The standard InChI is InChI=1S/C10H11F3N2/c1-2-9(15-14)7-5-3-4-6-8(7)10(11,12)13/h2-6,9,15H,1,14H2. The molecule has 15 heavy (non-hydrogen) atoms. The van der Waals surface area contributed by atoms with Crippen molar-refractivity contribution < 1.29 is 13.2 Å². The largest absolute Gasteiger partial charge is 0.416 e. The maximum absolute atomic E-state index is 12.6. The minimum absolute atomic E-state index is 0.0718. The van der Waals surface area contributed by atoms with Gasteiger partial charge in [0.05, 0.1) is 11.6 Å². The Bertz CT molecular complexity index is 347. The van der Waals surface area contributed by atoms with Crippen LogP contribution < -0.4 is 11.3 Å². The van der Waals surface area contributed by atoms with E-state index in [2.05, 4.69) is 12.0 Å². The summed E-state index contributed by atoms with van der Waals surface area (Å²) in [6, 6.07) is 4.54. The molecule has 0 radical (unpaired) electrons. The topological polar surface area (TPSA) is 38.0 Å². The fourth-order valence-corrected chi connectivity index (χ4v) is 1.31. The maximum atomic E-state index is 12.6. The second-order valence-corrected chi connectivity index (χ2v) is 2.97. The Hall–Kier alpha value is -1.33. The van der Waals surface area contributed by atoms with Crippen molar-refractivity contribution in [1.29, 1.82) is 0 Å². The van der Waals surface area contributed by atoms with Gasteiger partial charge in [0, 0.05) is 0 Å². The van der Waals surface area contributed by atoms with Gasteiger partial charge in [-0.1, -0.05) is 24.3 Å². The van der Waals surface area contributed by atoms with Crippen LogP contribution in [0.15, 0.2) is 36.9 Å². The van der Waals surface area contributed by atoms with Crippen LogP contribution >= 0.6 is 0 Å². The zero-order valence-corrected chi connectivity index (χ0v) is 7.88. The number of hydrazine groups is 1. The van der Waals surface area contributed by atoms with Crippen LogP contribution in [0.1, 0.15) is 17.2 Å². The third-order valence-corrected chi connectivity index (χ3v) is 2.02. The molecule has 2 nitrogen and oxygen atoms in total. The highest BCUT2D eigenvalue weighted by Crippen LogP contribution is 2.34. The van der Waals surface area contributed by atoms with Crippen LogP contribution in [0.4, 0.5) is 13.2 Å². The fourth-order valence-electron chi connectivity index (χ4n) is 1.31. The molecule has 1 aromatic carbocycles. The summed E-state index contributed by atoms with van der Waals surface area (Å²) in [6.45, 7) is 3.42. The van der Waals surface area contributed by atoms with E-state index in [1.807, 2.05) is 0 Å². The second-order valence-electron chi connectivity index (χ2n) is 2.97. The molecule has 0 aromatic heterocycles. The first-order valence-electron chi connectivity index (χ1n) is 4.25. The lowest BCUT2D eigenvalue weighted by molar-refractivity contribution is -0.138. The second kappa shape index (κ2) is 4.46. The number of alkyl halides is 3. The van der Waals surface area contributed by atoms with E-state index in [-0.39, 0.29) is 5.56 Å². The summed E-state index contributed by atoms with van der Waals surface area (Å²) >= 11 is 0. The first-order valence-corrected chi connectivity index (χ1v) is 4.25. The monoisotopic (exact) mass is 216 g/mol. The van der Waals surface area contributed by atoms with Crippen LogP contribution in [-0.4, -0.2) is 0 Å². The van der Waals surface area contributed by atoms with Crippen LogP contribution in [0.3, 0.4) is 0 Å². The predicted octanol–water partition coefficient (Wildman–Crippen LogP) is 2.40. The molecule has 0 aliphatic rings. The number of rotatable bonds is 3. The Morgan fingerprint density at radius 3 is 2.40 bits per heavy atom. The molecule has 0 heterocycles. The van der Waals surface area contributed by atoms with Gasteiger partial charge >= 0.3 is 6.18 Å². The summed E-state index contributed by atoms with van der Waals surface area (Å²) in [5.41, 5.74) is 1.63. The van der Waals surface area contributed by atoms with Gasteiger partial charge in [0.15, 0.2) is 0 Å². The molecule has 5 heteroatoms. The maximum Gasteiger partial charge on any atom is 0.416 e. The molecule has 0 aliphatic heterocycles. The van der Waals surface area contributed by atoms with E-state index in [4.69, 9.17) is 5.84 Å². The smallest absolute Gasteiger partial charge is 0.271 e. The molecule has 1 unspecified atom stereocenters. The lowest BCUT2D eigenvalue weighted by atomic mass is 10.0. The molecule has 0 amide bonds. The van der Waals surface area contributed by atoms with Crippen molar-refractivity contribution in [2.45, 2.75) is 12.2 Å². The molecular formula is C10H11F3N2. The van der Waals surface area contributed by atoms with E-state index in [0.717, 1.165) is 6.07 Å². The molecule has 3 N–H and O–H groups in total. The van der Waals surface area contributed by atoms with E-state index in [9.17, 15) is 13.2 Å². The van der Waals surface area contributed by atoms with Crippen molar-refractivity contribution in [3.63, 3.8) is 0 Å². The summed E-state index contributed by atoms with van der Waals surface area (Å²) in [4.78, 5) is 0. The molecule has 0 saturated carbocycles. The van der Waals surface area contributed by atoms with Crippen LogP contribution in [0.5, 0.6) is 0 Å². The Balaban J connectivity index is 3.22. The highest BCUT2D eigenvalue weighted by Gasteiger charge is 2.34. The van der Waals surface area contributed by atoms with Crippen molar-refractivity contribution in [1.82, 2.24) is 5.43 Å². The average Bonchev–Trinajstić information content (AvgIpc) is 2.19. The normalized spacial score (nSPS) is 13.6. The van der Waals surface area contributed by atoms with Crippen LogP contribution in [0.2, 0.25) is 0 Å². The summed E-state index contributed by atoms with van der Waals surface area (Å²) in [7, 11) is 0. The van der Waals surface area contributed by atoms with Crippen LogP contribution in [0, 0.1) is 0 Å². The van der Waals surface area contributed by atoms with Crippen LogP contribution in [-0.2, 0) is 6.18 Å². The van der Waals surface area contributed by atoms with E-state index < -0.39 is 17.8 Å². The predicted molar refractivity (Wildman–Crippen MR) is 51.7 cm³/mol. The molecule has 82 valence electrons. The van der Waals surface area contributed by atoms with Gasteiger partial charge in [-0.25, -0.2) is 5.43 Å². The Morgan fingerprint density at radius 1 is 1.33 bits per heavy atom. The van der Waals surface area contributed by atoms with Crippen molar-refractivity contribution in [2.75, 3.05) is 0 Å². The Kier molecular flexibility index (Phi) is 3.49. The number of hydrogen-bond acceptors (Lipinski definition) is 2. The van der Waals surface area contributed by atoms with Crippen molar-refractivity contribution >= 4 is 0 Å². The Morgan fingerprint density at radius 2 is 1.93 bits per heavy atom. The number of hydrogen-bond donors (Lipinski definition) is 2. The molecule has 0 bridgehead atoms. The summed E-state index contributed by atoms with van der Waals surface area (Å²) in [5.74, 6) is 5.14. The summed E-state index contributed by atoms with van der Waals surface area (Å²) in [6.07, 6.45) is -3.06. The van der Waals surface area contributed by atoms with Gasteiger partial charge in [0.1, 0.15) is 0 Å². The third-order valence-electron chi connectivity index (χ3n) is 2.02. The number of nitrogens with one attached hydrogen (secondary N) is 1. The van der Waals surface area contributed by atoms with Gasteiger partial charge in [-0.3, -0.25) is 5.84 Å². The molecule has 0 aliphatic carbocycles. The summed E-state index contributed by atoms with van der Waals surface area (Å²) in [5, 5.41) is 0. The fraction of sp³-hybridized carbons (Fsp3) is 0.200. The van der Waals surface area contributed by atoms with Crippen molar-refractivity contribution in [2.24, 2.45) is 5.84 Å². The zero-order chi connectivity index (χ0) is 11.5. The first-order chi connectivity index (χ1) is 7.00. The van der Waals surface area contributed by atoms with Gasteiger partial charge in [-0.05, 0) is 11.6 Å². The number of halogens is 3. The van der Waals surface area contributed by atoms with Gasteiger partial charge in [-0.2, -0.15) is 13.2 Å². The lowest BCUT2D eigenvalue weighted by Crippen LogP contribution is -2.28. The Labute approximate surface area is 85.6 Å². The van der Waals surface area contributed by atoms with E-state index >= 15 is 0 Å². The number of nitrogens with two attached hydrogens (primary N) is 1. The average molecular weight is 216 g/mol. The minimum atomic E-state index is -4.38. The molecule has 0 saturated heterocycles. The van der Waals surface area contributed by atoms with Crippen LogP contribution in [0.25, 0.3) is 0 Å². The first kappa shape index (κ1) is 11.7. The van der Waals surface area contributed by atoms with Crippen molar-refractivity contribution in [3.8, 4) is 0 Å². The molecule has 0 fully saturated rings. The summed E-state index contributed by atoms with van der Waals surface area (Å²) < 4.78 is 37.7. The third kappa shape index (κ3) is 2.57. The van der Waals surface area contributed by atoms with E-state index in [1.165, 1.54) is 24.3 Å². The molecule has 1 aromatic rings. The zero-order valence-electron chi connectivity index (χ0n) is 7.88.